The molecule has 0 aliphatic heterocycles. The van der Waals surface area contributed by atoms with Crippen LogP contribution in [0.3, 0.4) is 0 Å². The molecule has 0 saturated carbocycles. The third-order valence-electron chi connectivity index (χ3n) is 3.68. The van der Waals surface area contributed by atoms with Crippen LogP contribution < -0.4 is 5.32 Å². The number of aromatic nitrogens is 2. The first-order valence-corrected chi connectivity index (χ1v) is 7.69. The van der Waals surface area contributed by atoms with E-state index in [0.717, 1.165) is 23.4 Å². The summed E-state index contributed by atoms with van der Waals surface area (Å²) in [5.41, 5.74) is 6.34. The number of hydrogen-bond acceptors (Lipinski definition) is 2. The summed E-state index contributed by atoms with van der Waals surface area (Å²) < 4.78 is 3.15. The van der Waals surface area contributed by atoms with Crippen LogP contribution in [0.5, 0.6) is 0 Å². The van der Waals surface area contributed by atoms with Gasteiger partial charge in [-0.25, -0.2) is 4.98 Å². The molecule has 0 atom stereocenters. The molecule has 1 aromatic carbocycles. The lowest BCUT2D eigenvalue weighted by Crippen LogP contribution is -2.13. The number of halogens is 1. The minimum atomic E-state index is 0.948. The van der Waals surface area contributed by atoms with Gasteiger partial charge in [0.15, 0.2) is 0 Å². The maximum atomic E-state index is 4.74. The van der Waals surface area contributed by atoms with E-state index in [0.29, 0.717) is 0 Å². The zero-order valence-corrected chi connectivity index (χ0v) is 14.4. The highest BCUT2D eigenvalue weighted by atomic mass is 79.9. The number of aryl methyl sites for hydroxylation is 3. The fourth-order valence-corrected chi connectivity index (χ4v) is 3.40. The Morgan fingerprint density at radius 2 is 1.80 bits per heavy atom. The topological polar surface area (TPSA) is 29.9 Å². The van der Waals surface area contributed by atoms with Crippen molar-refractivity contribution in [1.29, 1.82) is 0 Å². The highest BCUT2D eigenvalue weighted by Crippen LogP contribution is 2.30. The summed E-state index contributed by atoms with van der Waals surface area (Å²) in [6.07, 6.45) is 0.963. The lowest BCUT2D eigenvalue weighted by atomic mass is 9.99. The molecule has 0 aliphatic rings. The average molecular weight is 336 g/mol. The largest absolute Gasteiger partial charge is 0.330 e. The van der Waals surface area contributed by atoms with Gasteiger partial charge in [0.05, 0.1) is 5.69 Å². The summed E-state index contributed by atoms with van der Waals surface area (Å²) in [4.78, 5) is 4.74. The molecule has 0 bridgehead atoms. The van der Waals surface area contributed by atoms with Crippen molar-refractivity contribution in [2.75, 3.05) is 13.6 Å². The lowest BCUT2D eigenvalue weighted by Gasteiger charge is -2.12. The van der Waals surface area contributed by atoms with Gasteiger partial charge < -0.3 is 9.88 Å². The van der Waals surface area contributed by atoms with Gasteiger partial charge in [-0.1, -0.05) is 17.7 Å². The van der Waals surface area contributed by atoms with Crippen LogP contribution in [0.4, 0.5) is 0 Å². The quantitative estimate of drug-likeness (QED) is 0.926. The van der Waals surface area contributed by atoms with Crippen LogP contribution in [-0.2, 0) is 13.5 Å². The first kappa shape index (κ1) is 15.3. The summed E-state index contributed by atoms with van der Waals surface area (Å²) >= 11 is 3.60. The van der Waals surface area contributed by atoms with Crippen LogP contribution in [0, 0.1) is 20.8 Å². The monoisotopic (exact) mass is 335 g/mol. The van der Waals surface area contributed by atoms with Crippen LogP contribution in [0.25, 0.3) is 11.4 Å². The fraction of sp³-hybridized carbons (Fsp3) is 0.438. The molecular weight excluding hydrogens is 314 g/mol. The number of likely N-dealkylation sites (N-methyl/N-ethyl adjacent to an activating group) is 1. The standard InChI is InChI=1S/C16H22BrN3/c1-10-8-11(2)14(12(3)9-10)16-19-15(17)13(20(16)5)6-7-18-4/h8-9,18H,6-7H2,1-5H3. The Morgan fingerprint density at radius 1 is 1.20 bits per heavy atom. The van der Waals surface area contributed by atoms with E-state index in [1.807, 2.05) is 7.05 Å². The molecule has 2 rings (SSSR count). The number of benzene rings is 1. The van der Waals surface area contributed by atoms with Crippen molar-refractivity contribution in [3.63, 3.8) is 0 Å². The van der Waals surface area contributed by atoms with Crippen LogP contribution in [0.15, 0.2) is 16.7 Å². The Kier molecular flexibility index (Phi) is 4.66. The molecule has 0 amide bonds. The third kappa shape index (κ3) is 2.81. The minimum Gasteiger partial charge on any atom is -0.330 e. The van der Waals surface area contributed by atoms with Crippen LogP contribution in [0.1, 0.15) is 22.4 Å². The number of rotatable bonds is 4. The van der Waals surface area contributed by atoms with Crippen molar-refractivity contribution in [3.8, 4) is 11.4 Å². The number of nitrogens with one attached hydrogen (secondary N) is 1. The van der Waals surface area contributed by atoms with Gasteiger partial charge in [0.2, 0.25) is 0 Å². The highest BCUT2D eigenvalue weighted by Gasteiger charge is 2.17. The molecule has 4 heteroatoms. The first-order chi connectivity index (χ1) is 9.45. The Hall–Kier alpha value is -1.13. The molecule has 1 N–H and O–H groups in total. The normalized spacial score (nSPS) is 11.1. The Labute approximate surface area is 129 Å². The van der Waals surface area contributed by atoms with Gasteiger partial charge in [-0.3, -0.25) is 0 Å². The highest BCUT2D eigenvalue weighted by molar-refractivity contribution is 9.10. The summed E-state index contributed by atoms with van der Waals surface area (Å²) in [7, 11) is 4.07. The SMILES string of the molecule is CNCCc1c(Br)nc(-c2c(C)cc(C)cc2C)n1C. The summed E-state index contributed by atoms with van der Waals surface area (Å²) in [5, 5.41) is 3.19. The molecule has 1 aromatic heterocycles. The molecule has 0 unspecified atom stereocenters. The molecule has 2 aromatic rings. The predicted molar refractivity (Wildman–Crippen MR) is 88.2 cm³/mol. The number of imidazole rings is 1. The van der Waals surface area contributed by atoms with Crippen molar-refractivity contribution in [2.24, 2.45) is 7.05 Å². The Balaban J connectivity index is 2.54. The molecule has 3 nitrogen and oxygen atoms in total. The molecule has 108 valence electrons. The smallest absolute Gasteiger partial charge is 0.141 e. The van der Waals surface area contributed by atoms with Gasteiger partial charge in [0.1, 0.15) is 10.4 Å². The summed E-state index contributed by atoms with van der Waals surface area (Å²) in [6, 6.07) is 4.44. The van der Waals surface area contributed by atoms with E-state index in [1.165, 1.54) is 27.9 Å². The van der Waals surface area contributed by atoms with E-state index >= 15 is 0 Å². The van der Waals surface area contributed by atoms with E-state index < -0.39 is 0 Å². The van der Waals surface area contributed by atoms with Gasteiger partial charge >= 0.3 is 0 Å². The van der Waals surface area contributed by atoms with E-state index in [4.69, 9.17) is 4.98 Å². The predicted octanol–water partition coefficient (Wildman–Crippen LogP) is 3.54. The molecule has 0 fully saturated rings. The van der Waals surface area contributed by atoms with E-state index in [-0.39, 0.29) is 0 Å². The fourth-order valence-electron chi connectivity index (χ4n) is 2.77. The molecule has 0 saturated heterocycles. The van der Waals surface area contributed by atoms with E-state index in [2.05, 4.69) is 65.8 Å². The lowest BCUT2D eigenvalue weighted by molar-refractivity contribution is 0.737. The second kappa shape index (κ2) is 6.10. The Bertz CT molecular complexity index is 606. The molecule has 0 aliphatic carbocycles. The zero-order valence-electron chi connectivity index (χ0n) is 12.8. The first-order valence-electron chi connectivity index (χ1n) is 6.89. The van der Waals surface area contributed by atoms with Crippen molar-refractivity contribution in [1.82, 2.24) is 14.9 Å². The molecule has 20 heavy (non-hydrogen) atoms. The van der Waals surface area contributed by atoms with Crippen LogP contribution in [-0.4, -0.2) is 23.1 Å². The van der Waals surface area contributed by atoms with Gasteiger partial charge in [-0.15, -0.1) is 0 Å². The average Bonchev–Trinajstić information content (AvgIpc) is 2.62. The maximum absolute atomic E-state index is 4.74. The third-order valence-corrected chi connectivity index (χ3v) is 4.31. The molecule has 0 spiro atoms. The summed E-state index contributed by atoms with van der Waals surface area (Å²) in [5.74, 6) is 1.04. The second-order valence-electron chi connectivity index (χ2n) is 5.36. The van der Waals surface area contributed by atoms with Gasteiger partial charge in [0.25, 0.3) is 0 Å². The zero-order chi connectivity index (χ0) is 14.9. The van der Waals surface area contributed by atoms with Gasteiger partial charge in [-0.05, 0) is 54.9 Å². The second-order valence-corrected chi connectivity index (χ2v) is 6.11. The summed E-state index contributed by atoms with van der Waals surface area (Å²) in [6.45, 7) is 7.40. The minimum absolute atomic E-state index is 0.948. The Morgan fingerprint density at radius 3 is 2.35 bits per heavy atom. The molecule has 0 radical (unpaired) electrons. The van der Waals surface area contributed by atoms with Gasteiger partial charge in [0, 0.05) is 25.6 Å². The van der Waals surface area contributed by atoms with Crippen LogP contribution >= 0.6 is 15.9 Å². The van der Waals surface area contributed by atoms with E-state index in [9.17, 15) is 0 Å². The van der Waals surface area contributed by atoms with Crippen LogP contribution in [0.2, 0.25) is 0 Å². The number of nitrogens with zero attached hydrogens (tertiary/aromatic N) is 2. The van der Waals surface area contributed by atoms with Crippen molar-refractivity contribution >= 4 is 15.9 Å². The molecular formula is C16H22BrN3. The van der Waals surface area contributed by atoms with E-state index in [1.54, 1.807) is 0 Å². The van der Waals surface area contributed by atoms with Crippen molar-refractivity contribution < 1.29 is 0 Å². The molecule has 1 heterocycles. The maximum Gasteiger partial charge on any atom is 0.141 e. The van der Waals surface area contributed by atoms with Crippen molar-refractivity contribution in [3.05, 3.63) is 39.1 Å². The number of hydrogen-bond donors (Lipinski definition) is 1. The van der Waals surface area contributed by atoms with Gasteiger partial charge in [-0.2, -0.15) is 0 Å². The van der Waals surface area contributed by atoms with Crippen molar-refractivity contribution in [2.45, 2.75) is 27.2 Å².